The molecular weight excluding hydrogens is 268 g/mol. The summed E-state index contributed by atoms with van der Waals surface area (Å²) in [5.41, 5.74) is 6.05. The molecule has 98 valence electrons. The van der Waals surface area contributed by atoms with Crippen molar-refractivity contribution in [1.82, 2.24) is 0 Å². The van der Waals surface area contributed by atoms with Gasteiger partial charge >= 0.3 is 0 Å². The molecule has 3 heteroatoms. The Morgan fingerprint density at radius 3 is 1.75 bits per heavy atom. The molecular formula is C17H13ClN2. The van der Waals surface area contributed by atoms with E-state index in [-0.39, 0.29) is 5.16 Å². The van der Waals surface area contributed by atoms with Gasteiger partial charge in [-0.25, -0.2) is 4.99 Å². The summed E-state index contributed by atoms with van der Waals surface area (Å²) in [7, 11) is 1.77. The quantitative estimate of drug-likeness (QED) is 0.697. The first-order chi connectivity index (χ1) is 9.72. The maximum Gasteiger partial charge on any atom is 0.122 e. The molecule has 2 aromatic rings. The number of benzene rings is 2. The summed E-state index contributed by atoms with van der Waals surface area (Å²) in [5, 5.41) is 0.260. The van der Waals surface area contributed by atoms with Crippen LogP contribution in [0, 0.1) is 0 Å². The lowest BCUT2D eigenvalue weighted by atomic mass is 9.83. The van der Waals surface area contributed by atoms with Crippen molar-refractivity contribution in [2.75, 3.05) is 7.05 Å². The third-order valence-corrected chi connectivity index (χ3v) is 3.42. The second-order valence-electron chi connectivity index (χ2n) is 4.50. The van der Waals surface area contributed by atoms with E-state index in [0.29, 0.717) is 0 Å². The van der Waals surface area contributed by atoms with Gasteiger partial charge in [0.15, 0.2) is 0 Å². The zero-order valence-electron chi connectivity index (χ0n) is 11.1. The van der Waals surface area contributed by atoms with Crippen LogP contribution in [0.4, 0.5) is 0 Å². The van der Waals surface area contributed by atoms with E-state index in [9.17, 15) is 0 Å². The minimum Gasteiger partial charge on any atom is -0.286 e. The Balaban J connectivity index is 2.39. The Labute approximate surface area is 123 Å². The Hall–Kier alpha value is -2.19. The molecule has 0 unspecified atom stereocenters. The fraction of sp³-hybridized carbons (Fsp3) is 0.0588. The number of nitrogens with zero attached hydrogens (tertiary/aromatic N) is 2. The summed E-state index contributed by atoms with van der Waals surface area (Å²) in [5.74, 6) is 0. The Bertz CT molecular complexity index is 757. The van der Waals surface area contributed by atoms with Gasteiger partial charge in [0.25, 0.3) is 0 Å². The topological polar surface area (TPSA) is 24.7 Å². The first-order valence-electron chi connectivity index (χ1n) is 6.32. The maximum atomic E-state index is 5.89. The van der Waals surface area contributed by atoms with Gasteiger partial charge in [0, 0.05) is 18.2 Å². The number of hydrogen-bond donors (Lipinski definition) is 0. The van der Waals surface area contributed by atoms with Gasteiger partial charge in [-0.1, -0.05) is 66.7 Å². The van der Waals surface area contributed by atoms with Crippen LogP contribution < -0.4 is 0 Å². The highest BCUT2D eigenvalue weighted by Gasteiger charge is 2.25. The molecule has 0 atom stereocenters. The SMILES string of the molecule is C=C(Cl)/N=C1\C(=N/C)c2ccccc2-c2ccccc21. The normalized spacial score (nSPS) is 16.9. The first kappa shape index (κ1) is 12.8. The van der Waals surface area contributed by atoms with Crippen LogP contribution in [-0.2, 0) is 0 Å². The fourth-order valence-corrected chi connectivity index (χ4v) is 2.65. The Morgan fingerprint density at radius 1 is 0.850 bits per heavy atom. The van der Waals surface area contributed by atoms with Gasteiger partial charge < -0.3 is 0 Å². The molecule has 0 bridgehead atoms. The minimum atomic E-state index is 0.260. The summed E-state index contributed by atoms with van der Waals surface area (Å²) in [6.45, 7) is 3.67. The molecule has 0 amide bonds. The average molecular weight is 281 g/mol. The van der Waals surface area contributed by atoms with Crippen LogP contribution in [0.15, 0.2) is 70.3 Å². The first-order valence-corrected chi connectivity index (χ1v) is 6.69. The van der Waals surface area contributed by atoms with Gasteiger partial charge in [-0.05, 0) is 11.1 Å². The molecule has 0 aromatic heterocycles. The average Bonchev–Trinajstić information content (AvgIpc) is 2.47. The van der Waals surface area contributed by atoms with E-state index < -0.39 is 0 Å². The van der Waals surface area contributed by atoms with Gasteiger partial charge in [0.2, 0.25) is 0 Å². The fourth-order valence-electron chi connectivity index (χ4n) is 2.56. The lowest BCUT2D eigenvalue weighted by Crippen LogP contribution is -2.23. The predicted octanol–water partition coefficient (Wildman–Crippen LogP) is 4.29. The lowest BCUT2D eigenvalue weighted by molar-refractivity contribution is 1.41. The van der Waals surface area contributed by atoms with Crippen molar-refractivity contribution >= 4 is 23.0 Å². The van der Waals surface area contributed by atoms with Crippen molar-refractivity contribution in [2.24, 2.45) is 9.98 Å². The predicted molar refractivity (Wildman–Crippen MR) is 85.9 cm³/mol. The van der Waals surface area contributed by atoms with Gasteiger partial charge in [-0.15, -0.1) is 0 Å². The second kappa shape index (κ2) is 5.06. The molecule has 3 rings (SSSR count). The third kappa shape index (κ3) is 1.98. The van der Waals surface area contributed by atoms with Crippen molar-refractivity contribution < 1.29 is 0 Å². The molecule has 0 heterocycles. The van der Waals surface area contributed by atoms with Gasteiger partial charge in [-0.3, -0.25) is 4.99 Å². The zero-order valence-corrected chi connectivity index (χ0v) is 11.9. The van der Waals surface area contributed by atoms with E-state index in [1.807, 2.05) is 30.3 Å². The van der Waals surface area contributed by atoms with E-state index in [0.717, 1.165) is 28.1 Å². The summed E-state index contributed by atoms with van der Waals surface area (Å²) in [6.07, 6.45) is 0. The van der Waals surface area contributed by atoms with Crippen molar-refractivity contribution in [2.45, 2.75) is 0 Å². The zero-order chi connectivity index (χ0) is 14.1. The van der Waals surface area contributed by atoms with E-state index in [4.69, 9.17) is 11.6 Å². The smallest absolute Gasteiger partial charge is 0.122 e. The van der Waals surface area contributed by atoms with Gasteiger partial charge in [0.05, 0.1) is 11.4 Å². The summed E-state index contributed by atoms with van der Waals surface area (Å²) in [6, 6.07) is 16.3. The molecule has 0 aliphatic heterocycles. The number of aliphatic imine (C=N–C) groups is 2. The van der Waals surface area contributed by atoms with E-state index >= 15 is 0 Å². The van der Waals surface area contributed by atoms with Crippen LogP contribution in [0.25, 0.3) is 11.1 Å². The standard InChI is InChI=1S/C17H13ClN2/c1-11(18)20-17-15-10-6-4-8-13(15)12-7-3-5-9-14(12)16(17)19-2/h3-10H,1H2,2H3/b19-16-,20-17-. The van der Waals surface area contributed by atoms with Crippen LogP contribution >= 0.6 is 11.6 Å². The molecule has 0 saturated heterocycles. The van der Waals surface area contributed by atoms with Crippen LogP contribution in [0.2, 0.25) is 0 Å². The molecule has 2 aromatic carbocycles. The maximum absolute atomic E-state index is 5.89. The lowest BCUT2D eigenvalue weighted by Gasteiger charge is -2.22. The molecule has 2 nitrogen and oxygen atoms in total. The van der Waals surface area contributed by atoms with Crippen LogP contribution in [0.3, 0.4) is 0 Å². The van der Waals surface area contributed by atoms with Crippen LogP contribution in [-0.4, -0.2) is 18.5 Å². The molecule has 0 N–H and O–H groups in total. The third-order valence-electron chi connectivity index (χ3n) is 3.34. The highest BCUT2D eigenvalue weighted by Crippen LogP contribution is 2.34. The van der Waals surface area contributed by atoms with Crippen molar-refractivity contribution in [1.29, 1.82) is 0 Å². The largest absolute Gasteiger partial charge is 0.286 e. The second-order valence-corrected chi connectivity index (χ2v) is 4.94. The van der Waals surface area contributed by atoms with E-state index in [1.165, 1.54) is 5.56 Å². The number of halogens is 1. The number of rotatable bonds is 1. The molecule has 1 aliphatic rings. The van der Waals surface area contributed by atoms with Crippen LogP contribution in [0.5, 0.6) is 0 Å². The van der Waals surface area contributed by atoms with Gasteiger partial charge in [-0.2, -0.15) is 0 Å². The van der Waals surface area contributed by atoms with Crippen LogP contribution in [0.1, 0.15) is 11.1 Å². The molecule has 0 fully saturated rings. The number of fused-ring (bicyclic) bond motifs is 3. The van der Waals surface area contributed by atoms with E-state index in [1.54, 1.807) is 7.05 Å². The molecule has 20 heavy (non-hydrogen) atoms. The summed E-state index contributed by atoms with van der Waals surface area (Å²) in [4.78, 5) is 8.79. The van der Waals surface area contributed by atoms with Crippen molar-refractivity contribution in [3.05, 3.63) is 71.4 Å². The molecule has 0 radical (unpaired) electrons. The van der Waals surface area contributed by atoms with E-state index in [2.05, 4.69) is 34.8 Å². The Morgan fingerprint density at radius 2 is 1.30 bits per heavy atom. The molecule has 0 saturated carbocycles. The highest BCUT2D eigenvalue weighted by atomic mass is 35.5. The summed E-state index contributed by atoms with van der Waals surface area (Å²) >= 11 is 5.89. The molecule has 0 spiro atoms. The van der Waals surface area contributed by atoms with Gasteiger partial charge in [0.1, 0.15) is 5.16 Å². The monoisotopic (exact) mass is 280 g/mol. The number of hydrogen-bond acceptors (Lipinski definition) is 2. The summed E-state index contributed by atoms with van der Waals surface area (Å²) < 4.78 is 0. The van der Waals surface area contributed by atoms with Crippen molar-refractivity contribution in [3.63, 3.8) is 0 Å². The minimum absolute atomic E-state index is 0.260. The molecule has 1 aliphatic carbocycles. The Kier molecular flexibility index (Phi) is 3.25. The van der Waals surface area contributed by atoms with Crippen molar-refractivity contribution in [3.8, 4) is 11.1 Å². The highest BCUT2D eigenvalue weighted by molar-refractivity contribution is 6.57.